The molecule has 0 atom stereocenters. The zero-order valence-electron chi connectivity index (χ0n) is 31.6. The molecular formula is C45H29N5. The van der Waals surface area contributed by atoms with Gasteiger partial charge in [-0.2, -0.15) is 9.97 Å². The molecule has 0 aliphatic carbocycles. The highest BCUT2D eigenvalue weighted by Crippen LogP contribution is 2.42. The summed E-state index contributed by atoms with van der Waals surface area (Å²) in [5, 5.41) is 4.12. The van der Waals surface area contributed by atoms with Gasteiger partial charge in [0.1, 0.15) is 0 Å². The maximum atomic E-state index is 8.67. The lowest BCUT2D eigenvalue weighted by molar-refractivity contribution is 0.955. The average molecular weight is 645 g/mol. The third kappa shape index (κ3) is 4.45. The number of hydrogen-bond donors (Lipinski definition) is 0. The Bertz CT molecular complexity index is 3070. The lowest BCUT2D eigenvalue weighted by Gasteiger charge is -2.12. The molecule has 5 nitrogen and oxygen atoms in total. The third-order valence-corrected chi connectivity index (χ3v) is 9.25. The van der Waals surface area contributed by atoms with Crippen LogP contribution in [0.1, 0.15) is 6.85 Å². The zero-order valence-corrected chi connectivity index (χ0v) is 26.6. The second kappa shape index (κ2) is 11.4. The van der Waals surface area contributed by atoms with E-state index in [0.717, 1.165) is 60.4 Å². The molecule has 3 aromatic heterocycles. The van der Waals surface area contributed by atoms with Crippen LogP contribution in [0.3, 0.4) is 0 Å². The Morgan fingerprint density at radius 1 is 0.420 bits per heavy atom. The fourth-order valence-corrected chi connectivity index (χ4v) is 7.09. The van der Waals surface area contributed by atoms with Gasteiger partial charge in [-0.15, -0.1) is 0 Å². The van der Waals surface area contributed by atoms with Crippen molar-refractivity contribution in [1.29, 1.82) is 0 Å². The van der Waals surface area contributed by atoms with E-state index in [4.69, 9.17) is 21.8 Å². The molecule has 5 heteroatoms. The van der Waals surface area contributed by atoms with Crippen molar-refractivity contribution in [3.8, 4) is 45.5 Å². The fraction of sp³-hybridized carbons (Fsp3) is 0. The van der Waals surface area contributed by atoms with Gasteiger partial charge in [0.2, 0.25) is 5.95 Å². The summed E-state index contributed by atoms with van der Waals surface area (Å²) >= 11 is 0. The van der Waals surface area contributed by atoms with Crippen molar-refractivity contribution >= 4 is 43.6 Å². The SMILES string of the molecule is [2H]c1c([2H])c([2H])c(-c2cccc(-n3c4ccccc4c4c3ccc3c5ccccc5n(-c5nc(-c6ccccc6)nc(-c6ccccc6)n5)c34)c2)c([2H])c1[2H]. The zero-order chi connectivity index (χ0) is 37.4. The lowest BCUT2D eigenvalue weighted by atomic mass is 10.1. The van der Waals surface area contributed by atoms with E-state index in [0.29, 0.717) is 23.2 Å². The molecule has 0 saturated carbocycles. The van der Waals surface area contributed by atoms with Gasteiger partial charge < -0.3 is 4.57 Å². The second-order valence-electron chi connectivity index (χ2n) is 12.1. The van der Waals surface area contributed by atoms with Crippen molar-refractivity contribution in [1.82, 2.24) is 24.1 Å². The minimum Gasteiger partial charge on any atom is -0.309 e. The van der Waals surface area contributed by atoms with Crippen molar-refractivity contribution in [2.24, 2.45) is 0 Å². The van der Waals surface area contributed by atoms with Crippen molar-refractivity contribution in [3.05, 3.63) is 176 Å². The van der Waals surface area contributed by atoms with Gasteiger partial charge in [-0.1, -0.05) is 145 Å². The highest BCUT2D eigenvalue weighted by atomic mass is 15.2. The molecule has 3 heterocycles. The first-order chi connectivity index (χ1) is 26.9. The quantitative estimate of drug-likeness (QED) is 0.187. The minimum absolute atomic E-state index is 0.161. The number of para-hydroxylation sites is 2. The molecule has 0 amide bonds. The molecule has 0 aliphatic heterocycles. The highest BCUT2D eigenvalue weighted by molar-refractivity contribution is 6.26. The van der Waals surface area contributed by atoms with Gasteiger partial charge in [0.05, 0.1) is 28.9 Å². The summed E-state index contributed by atoms with van der Waals surface area (Å²) in [5.41, 5.74) is 7.01. The van der Waals surface area contributed by atoms with Crippen LogP contribution in [0.4, 0.5) is 0 Å². The van der Waals surface area contributed by atoms with E-state index < -0.39 is 6.04 Å². The van der Waals surface area contributed by atoms with Gasteiger partial charge in [-0.3, -0.25) is 4.57 Å². The molecule has 50 heavy (non-hydrogen) atoms. The fourth-order valence-electron chi connectivity index (χ4n) is 7.09. The van der Waals surface area contributed by atoms with E-state index >= 15 is 0 Å². The summed E-state index contributed by atoms with van der Waals surface area (Å²) < 4.78 is 46.4. The Hall–Kier alpha value is -6.85. The topological polar surface area (TPSA) is 48.5 Å². The number of benzene rings is 7. The molecule has 0 N–H and O–H groups in total. The summed E-state index contributed by atoms with van der Waals surface area (Å²) in [5.74, 6) is 1.62. The first-order valence-electron chi connectivity index (χ1n) is 18.9. The third-order valence-electron chi connectivity index (χ3n) is 9.25. The van der Waals surface area contributed by atoms with Gasteiger partial charge in [0.15, 0.2) is 11.6 Å². The van der Waals surface area contributed by atoms with Crippen molar-refractivity contribution in [2.45, 2.75) is 0 Å². The molecule has 0 spiro atoms. The molecule has 0 bridgehead atoms. The van der Waals surface area contributed by atoms with Crippen LogP contribution < -0.4 is 0 Å². The normalized spacial score (nSPS) is 13.0. The van der Waals surface area contributed by atoms with Gasteiger partial charge in [-0.25, -0.2) is 4.98 Å². The summed E-state index contributed by atoms with van der Waals surface area (Å²) in [4.78, 5) is 15.3. The van der Waals surface area contributed by atoms with Crippen molar-refractivity contribution < 1.29 is 6.85 Å². The van der Waals surface area contributed by atoms with Crippen molar-refractivity contribution in [3.63, 3.8) is 0 Å². The Kier molecular flexibility index (Phi) is 5.35. The number of rotatable bonds is 5. The molecule has 10 rings (SSSR count). The predicted octanol–water partition coefficient (Wildman–Crippen LogP) is 11.1. The molecular weight excluding hydrogens is 611 g/mol. The van der Waals surface area contributed by atoms with Crippen LogP contribution in [0.15, 0.2) is 176 Å². The number of fused-ring (bicyclic) bond motifs is 7. The monoisotopic (exact) mass is 644 g/mol. The van der Waals surface area contributed by atoms with E-state index in [1.807, 2.05) is 103 Å². The molecule has 0 radical (unpaired) electrons. The lowest BCUT2D eigenvalue weighted by Crippen LogP contribution is -2.06. The minimum atomic E-state index is -0.415. The maximum absolute atomic E-state index is 8.67. The van der Waals surface area contributed by atoms with Gasteiger partial charge >= 0.3 is 0 Å². The molecule has 10 aromatic rings. The number of nitrogens with zero attached hydrogens (tertiary/aromatic N) is 5. The summed E-state index contributed by atoms with van der Waals surface area (Å²) in [7, 11) is 0. The Balaban J connectivity index is 1.30. The van der Waals surface area contributed by atoms with E-state index in [2.05, 4.69) is 45.5 Å². The van der Waals surface area contributed by atoms with Crippen molar-refractivity contribution in [2.75, 3.05) is 0 Å². The summed E-state index contributed by atoms with van der Waals surface area (Å²) in [6.45, 7) is 0. The van der Waals surface area contributed by atoms with Gasteiger partial charge in [-0.05, 0) is 41.5 Å². The molecule has 7 aromatic carbocycles. The van der Waals surface area contributed by atoms with Crippen LogP contribution in [0.2, 0.25) is 0 Å². The predicted molar refractivity (Wildman–Crippen MR) is 205 cm³/mol. The Morgan fingerprint density at radius 2 is 1.02 bits per heavy atom. The van der Waals surface area contributed by atoms with E-state index in [9.17, 15) is 0 Å². The Labute approximate surface area is 295 Å². The standard InChI is InChI=1S/C45H29N5/c1-4-15-30(16-5-1)33-21-14-22-34(29-33)49-39-26-13-11-24-37(39)41-40(49)28-27-36-35-23-10-12-25-38(35)50(42(36)41)45-47-43(31-17-6-2-7-18-31)46-44(48-45)32-19-8-3-9-20-32/h1-29H/i1D,4D,5D,15D,16D. The first-order valence-corrected chi connectivity index (χ1v) is 16.4. The Morgan fingerprint density at radius 3 is 1.72 bits per heavy atom. The number of aromatic nitrogens is 5. The molecule has 0 unspecified atom stereocenters. The molecule has 0 fully saturated rings. The summed E-state index contributed by atoms with van der Waals surface area (Å²) in [6, 6.07) is 46.6. The molecule has 0 saturated heterocycles. The average Bonchev–Trinajstić information content (AvgIpc) is 3.76. The highest BCUT2D eigenvalue weighted by Gasteiger charge is 2.23. The van der Waals surface area contributed by atoms with Crippen LogP contribution in [-0.4, -0.2) is 24.1 Å². The molecule has 234 valence electrons. The molecule has 0 aliphatic rings. The van der Waals surface area contributed by atoms with Crippen LogP contribution in [0.25, 0.3) is 89.2 Å². The smallest absolute Gasteiger partial charge is 0.238 e. The first kappa shape index (κ1) is 23.5. The largest absolute Gasteiger partial charge is 0.309 e. The van der Waals surface area contributed by atoms with E-state index in [1.165, 1.54) is 0 Å². The van der Waals surface area contributed by atoms with Gasteiger partial charge in [0, 0.05) is 38.4 Å². The van der Waals surface area contributed by atoms with Crippen LogP contribution in [-0.2, 0) is 0 Å². The number of hydrogen-bond acceptors (Lipinski definition) is 3. The van der Waals surface area contributed by atoms with Crippen LogP contribution >= 0.6 is 0 Å². The van der Waals surface area contributed by atoms with E-state index in [-0.39, 0.29) is 29.7 Å². The van der Waals surface area contributed by atoms with Gasteiger partial charge in [0.25, 0.3) is 0 Å². The van der Waals surface area contributed by atoms with E-state index in [1.54, 1.807) is 6.07 Å². The van der Waals surface area contributed by atoms with Crippen LogP contribution in [0.5, 0.6) is 0 Å². The maximum Gasteiger partial charge on any atom is 0.238 e. The summed E-state index contributed by atoms with van der Waals surface area (Å²) in [6.07, 6.45) is 0. The second-order valence-corrected chi connectivity index (χ2v) is 12.1. The van der Waals surface area contributed by atoms with Crippen LogP contribution in [0, 0.1) is 0 Å².